The number of aromatic amines is 1. The Labute approximate surface area is 209 Å². The molecule has 0 spiro atoms. The highest BCUT2D eigenvalue weighted by atomic mass is 79.9. The van der Waals surface area contributed by atoms with Crippen LogP contribution in [0.5, 0.6) is 0 Å². The van der Waals surface area contributed by atoms with Crippen molar-refractivity contribution in [1.82, 2.24) is 10.3 Å². The molecule has 4 aliphatic rings. The Morgan fingerprint density at radius 1 is 0.914 bits per heavy atom. The van der Waals surface area contributed by atoms with Gasteiger partial charge in [-0.2, -0.15) is 0 Å². The molecule has 2 N–H and O–H groups in total. The van der Waals surface area contributed by atoms with Crippen molar-refractivity contribution in [3.8, 4) is 0 Å². The first-order chi connectivity index (χ1) is 16.8. The van der Waals surface area contributed by atoms with Gasteiger partial charge < -0.3 is 10.3 Å². The van der Waals surface area contributed by atoms with Crippen LogP contribution in [-0.4, -0.2) is 29.7 Å². The molecule has 0 aliphatic carbocycles. The number of rotatable bonds is 2. The molecule has 35 heavy (non-hydrogen) atoms. The van der Waals surface area contributed by atoms with Crippen molar-refractivity contribution in [2.45, 2.75) is 16.2 Å². The summed E-state index contributed by atoms with van der Waals surface area (Å²) in [5, 5.41) is 4.99. The van der Waals surface area contributed by atoms with Crippen LogP contribution in [0.15, 0.2) is 109 Å². The largest absolute Gasteiger partial charge is 0.363 e. The third-order valence-electron chi connectivity index (χ3n) is 6.05. The number of benzene rings is 1. The molecule has 1 unspecified atom stereocenters. The van der Waals surface area contributed by atoms with Crippen molar-refractivity contribution < 1.29 is 12.8 Å². The summed E-state index contributed by atoms with van der Waals surface area (Å²) in [6, 6.07) is 7.62. The molecule has 0 saturated carbocycles. The smallest absolute Gasteiger partial charge is 0.206 e. The van der Waals surface area contributed by atoms with Crippen molar-refractivity contribution in [2.24, 2.45) is 9.98 Å². The van der Waals surface area contributed by atoms with E-state index in [0.717, 1.165) is 22.5 Å². The second kappa shape index (κ2) is 8.00. The van der Waals surface area contributed by atoms with Crippen LogP contribution in [0.2, 0.25) is 0 Å². The van der Waals surface area contributed by atoms with Gasteiger partial charge in [-0.25, -0.2) is 22.8 Å². The Balaban J connectivity index is 1.53. The number of aliphatic imine (C=N–C) groups is 2. The van der Waals surface area contributed by atoms with Crippen LogP contribution in [0.3, 0.4) is 0 Å². The van der Waals surface area contributed by atoms with E-state index in [9.17, 15) is 12.8 Å². The lowest BCUT2D eigenvalue weighted by Gasteiger charge is -2.28. The Hall–Kier alpha value is -3.56. The molecule has 0 saturated heterocycles. The average Bonchev–Trinajstić information content (AvgIpc) is 3.61. The van der Waals surface area contributed by atoms with Gasteiger partial charge in [0.05, 0.1) is 32.2 Å². The molecule has 1 atom stereocenters. The predicted molar refractivity (Wildman–Crippen MR) is 138 cm³/mol. The van der Waals surface area contributed by atoms with Crippen molar-refractivity contribution in [3.63, 3.8) is 0 Å². The monoisotopic (exact) mass is 548 g/mol. The first-order valence-corrected chi connectivity index (χ1v) is 13.1. The van der Waals surface area contributed by atoms with Gasteiger partial charge in [-0.15, -0.1) is 0 Å². The van der Waals surface area contributed by atoms with E-state index in [0.29, 0.717) is 22.8 Å². The number of nitrogens with one attached hydrogen (secondary N) is 2. The minimum atomic E-state index is -4.01. The molecule has 8 bridgehead atoms. The summed E-state index contributed by atoms with van der Waals surface area (Å²) in [4.78, 5) is 11.1. The quantitative estimate of drug-likeness (QED) is 0.564. The lowest BCUT2D eigenvalue weighted by molar-refractivity contribution is 0.536. The number of nitrogens with zero attached hydrogens (tertiary/aromatic N) is 2. The summed E-state index contributed by atoms with van der Waals surface area (Å²) in [6.45, 7) is 0. The molecule has 4 aliphatic heterocycles. The van der Waals surface area contributed by atoms with Crippen molar-refractivity contribution in [1.29, 1.82) is 0 Å². The van der Waals surface area contributed by atoms with Gasteiger partial charge in [-0.05, 0) is 94.9 Å². The van der Waals surface area contributed by atoms with Crippen LogP contribution in [0.1, 0.15) is 6.42 Å². The van der Waals surface area contributed by atoms with E-state index in [1.165, 1.54) is 12.1 Å². The number of allylic oxidation sites excluding steroid dienone is 5. The lowest BCUT2D eigenvalue weighted by Crippen LogP contribution is -2.46. The Bertz CT molecular complexity index is 1740. The average molecular weight is 549 g/mol. The van der Waals surface area contributed by atoms with Crippen LogP contribution in [0.4, 0.5) is 4.39 Å². The fourth-order valence-corrected chi connectivity index (χ4v) is 6.63. The van der Waals surface area contributed by atoms with Gasteiger partial charge in [-0.1, -0.05) is 6.08 Å². The molecular weight excluding hydrogens is 531 g/mol. The number of hydrogen-bond acceptors (Lipinski definition) is 5. The molecule has 9 heteroatoms. The SMILES string of the molecule is O=S(=O)(c1ccc(F)c(Br)c1)C12C=C3C=CC(=N3)C=c3ccc([nH]3)=CC3=NC(=CC(=CC1)N2)C=C3. The highest BCUT2D eigenvalue weighted by Gasteiger charge is 2.46. The molecule has 2 aromatic rings. The van der Waals surface area contributed by atoms with E-state index in [2.05, 4.69) is 36.2 Å². The summed E-state index contributed by atoms with van der Waals surface area (Å²) in [5.41, 5.74) is 3.32. The van der Waals surface area contributed by atoms with Gasteiger partial charge in [0.15, 0.2) is 4.87 Å². The maximum absolute atomic E-state index is 14.0. The van der Waals surface area contributed by atoms with Gasteiger partial charge in [0.25, 0.3) is 0 Å². The minimum Gasteiger partial charge on any atom is -0.363 e. The molecule has 1 aromatic carbocycles. The van der Waals surface area contributed by atoms with Crippen molar-refractivity contribution in [2.75, 3.05) is 0 Å². The highest BCUT2D eigenvalue weighted by molar-refractivity contribution is 9.10. The highest BCUT2D eigenvalue weighted by Crippen LogP contribution is 2.37. The van der Waals surface area contributed by atoms with Gasteiger partial charge >= 0.3 is 0 Å². The van der Waals surface area contributed by atoms with Crippen LogP contribution in [0, 0.1) is 5.82 Å². The predicted octanol–water partition coefficient (Wildman–Crippen LogP) is 3.33. The molecule has 1 aromatic heterocycles. The van der Waals surface area contributed by atoms with Crippen molar-refractivity contribution in [3.05, 3.63) is 111 Å². The minimum absolute atomic E-state index is 0.000779. The maximum atomic E-state index is 14.0. The molecule has 174 valence electrons. The zero-order valence-corrected chi connectivity index (χ0v) is 20.6. The zero-order chi connectivity index (χ0) is 24.2. The molecular formula is C26H18BrFN4O2S. The number of hydrogen-bond donors (Lipinski definition) is 2. The van der Waals surface area contributed by atoms with E-state index in [4.69, 9.17) is 0 Å². The summed E-state index contributed by atoms with van der Waals surface area (Å²) in [6.07, 6.45) is 16.7. The summed E-state index contributed by atoms with van der Waals surface area (Å²) >= 11 is 3.11. The number of sulfone groups is 1. The normalized spacial score (nSPS) is 22.4. The molecule has 0 amide bonds. The van der Waals surface area contributed by atoms with E-state index in [1.807, 2.05) is 54.7 Å². The number of fused-ring (bicyclic) bond motifs is 6. The van der Waals surface area contributed by atoms with E-state index in [-0.39, 0.29) is 15.8 Å². The molecule has 0 radical (unpaired) electrons. The first kappa shape index (κ1) is 21.9. The lowest BCUT2D eigenvalue weighted by atomic mass is 10.2. The summed E-state index contributed by atoms with van der Waals surface area (Å²) in [7, 11) is -4.01. The fourth-order valence-electron chi connectivity index (χ4n) is 4.33. The van der Waals surface area contributed by atoms with Gasteiger partial charge in [-0.3, -0.25) is 0 Å². The second-order valence-corrected chi connectivity index (χ2v) is 11.6. The Morgan fingerprint density at radius 3 is 2.31 bits per heavy atom. The van der Waals surface area contributed by atoms with E-state index in [1.54, 1.807) is 12.2 Å². The number of H-pyrrole nitrogens is 1. The van der Waals surface area contributed by atoms with Crippen LogP contribution >= 0.6 is 15.9 Å². The van der Waals surface area contributed by atoms with Crippen LogP contribution < -0.4 is 16.0 Å². The summed E-state index contributed by atoms with van der Waals surface area (Å²) in [5.74, 6) is -0.532. The third-order valence-corrected chi connectivity index (χ3v) is 8.88. The van der Waals surface area contributed by atoms with Gasteiger partial charge in [0.1, 0.15) is 5.82 Å². The number of halogens is 2. The summed E-state index contributed by atoms with van der Waals surface area (Å²) < 4.78 is 41.9. The Morgan fingerprint density at radius 2 is 1.60 bits per heavy atom. The zero-order valence-electron chi connectivity index (χ0n) is 18.2. The third kappa shape index (κ3) is 3.90. The first-order valence-electron chi connectivity index (χ1n) is 10.8. The van der Waals surface area contributed by atoms with E-state index >= 15 is 0 Å². The van der Waals surface area contributed by atoms with Gasteiger partial charge in [0, 0.05) is 22.8 Å². The second-order valence-electron chi connectivity index (χ2n) is 8.49. The Kier molecular flexibility index (Phi) is 5.01. The molecule has 6 nitrogen and oxygen atoms in total. The van der Waals surface area contributed by atoms with Gasteiger partial charge in [0.2, 0.25) is 9.84 Å². The van der Waals surface area contributed by atoms with E-state index < -0.39 is 20.5 Å². The van der Waals surface area contributed by atoms with Crippen LogP contribution in [0.25, 0.3) is 12.2 Å². The van der Waals surface area contributed by atoms with Crippen molar-refractivity contribution >= 4 is 49.3 Å². The molecule has 6 rings (SSSR count). The molecule has 0 fully saturated rings. The van der Waals surface area contributed by atoms with Crippen LogP contribution in [-0.2, 0) is 9.84 Å². The fraction of sp³-hybridized carbons (Fsp3) is 0.0769. The standard InChI is InChI=1S/C26H18BrFN4O2S/c27-24-14-23(7-8-25(24)28)35(33,34)26-10-9-21(32-26)13-20-4-3-17(30-20)11-16-1-2-18(29-16)12-19-5-6-22(15-26)31-19/h1-9,11-15,29,32H,10H2. The maximum Gasteiger partial charge on any atom is 0.206 e. The molecule has 5 heterocycles. The topological polar surface area (TPSA) is 86.7 Å². The number of aromatic nitrogens is 1.